The Bertz CT molecular complexity index is 897. The minimum Gasteiger partial charge on any atom is -0.339 e. The van der Waals surface area contributed by atoms with Crippen LogP contribution in [-0.2, 0) is 4.79 Å². The van der Waals surface area contributed by atoms with Gasteiger partial charge >= 0.3 is 0 Å². The number of hydrogen-bond acceptors (Lipinski definition) is 4. The Morgan fingerprint density at radius 1 is 0.929 bits per heavy atom. The number of aromatic nitrogens is 1. The normalized spacial score (nSPS) is 14.0. The van der Waals surface area contributed by atoms with Crippen LogP contribution in [0.2, 0.25) is 0 Å². The molecule has 1 saturated heterocycles. The molecule has 7 heteroatoms. The molecule has 1 aliphatic rings. The highest BCUT2D eigenvalue weighted by Crippen LogP contribution is 2.16. The zero-order valence-electron chi connectivity index (χ0n) is 16.4. The van der Waals surface area contributed by atoms with Crippen LogP contribution in [0.1, 0.15) is 38.9 Å². The van der Waals surface area contributed by atoms with Crippen molar-refractivity contribution in [2.24, 2.45) is 0 Å². The van der Waals surface area contributed by atoms with Crippen molar-refractivity contribution < 1.29 is 14.4 Å². The zero-order valence-corrected chi connectivity index (χ0v) is 16.4. The largest absolute Gasteiger partial charge is 0.339 e. The van der Waals surface area contributed by atoms with E-state index in [0.29, 0.717) is 37.4 Å². The fraction of sp³-hybridized carbons (Fsp3) is 0.333. The number of benzene rings is 1. The van der Waals surface area contributed by atoms with Crippen molar-refractivity contribution in [3.8, 4) is 0 Å². The molecule has 1 aromatic heterocycles. The van der Waals surface area contributed by atoms with Crippen molar-refractivity contribution in [1.82, 2.24) is 14.8 Å². The summed E-state index contributed by atoms with van der Waals surface area (Å²) in [5.41, 5.74) is 3.44. The fourth-order valence-corrected chi connectivity index (χ4v) is 3.33. The third kappa shape index (κ3) is 4.54. The number of pyridine rings is 1. The maximum absolute atomic E-state index is 12.7. The number of amides is 3. The molecule has 7 nitrogen and oxygen atoms in total. The highest BCUT2D eigenvalue weighted by atomic mass is 16.2. The van der Waals surface area contributed by atoms with Gasteiger partial charge in [0.05, 0.1) is 0 Å². The molecule has 1 N–H and O–H groups in total. The van der Waals surface area contributed by atoms with Gasteiger partial charge in [-0.2, -0.15) is 0 Å². The zero-order chi connectivity index (χ0) is 20.3. The molecule has 1 aromatic carbocycles. The standard InChI is InChI=1S/C21H24N4O3/c1-14-10-15(2)12-18(11-14)23-20(27)17-4-5-22-19(13-17)21(28)25-8-6-24(7-9-25)16(3)26/h4-5,10-13H,6-9H2,1-3H3,(H,23,27). The van der Waals surface area contributed by atoms with Gasteiger partial charge in [0.1, 0.15) is 5.69 Å². The fourth-order valence-electron chi connectivity index (χ4n) is 3.33. The summed E-state index contributed by atoms with van der Waals surface area (Å²) in [7, 11) is 0. The van der Waals surface area contributed by atoms with Gasteiger partial charge in [-0.3, -0.25) is 19.4 Å². The number of rotatable bonds is 3. The number of hydrogen-bond donors (Lipinski definition) is 1. The number of aryl methyl sites for hydroxylation is 2. The molecule has 0 spiro atoms. The Kier molecular flexibility index (Phi) is 5.73. The highest BCUT2D eigenvalue weighted by Gasteiger charge is 2.24. The molecule has 1 aliphatic heterocycles. The van der Waals surface area contributed by atoms with Crippen LogP contribution in [0.5, 0.6) is 0 Å². The van der Waals surface area contributed by atoms with E-state index in [2.05, 4.69) is 10.3 Å². The van der Waals surface area contributed by atoms with Gasteiger partial charge < -0.3 is 15.1 Å². The number of carbonyl (C=O) groups is 3. The van der Waals surface area contributed by atoms with Crippen LogP contribution in [0.15, 0.2) is 36.5 Å². The third-order valence-corrected chi connectivity index (χ3v) is 4.73. The maximum atomic E-state index is 12.7. The van der Waals surface area contributed by atoms with E-state index < -0.39 is 0 Å². The van der Waals surface area contributed by atoms with Crippen LogP contribution < -0.4 is 5.32 Å². The van der Waals surface area contributed by atoms with E-state index in [1.54, 1.807) is 15.9 Å². The van der Waals surface area contributed by atoms with Crippen LogP contribution >= 0.6 is 0 Å². The molecule has 0 aliphatic carbocycles. The van der Waals surface area contributed by atoms with Gasteiger partial charge in [-0.15, -0.1) is 0 Å². The first kappa shape index (κ1) is 19.5. The van der Waals surface area contributed by atoms with Crippen molar-refractivity contribution >= 4 is 23.4 Å². The second kappa shape index (κ2) is 8.21. The number of piperazine rings is 1. The number of nitrogens with one attached hydrogen (secondary N) is 1. The average molecular weight is 380 g/mol. The summed E-state index contributed by atoms with van der Waals surface area (Å²) in [5.74, 6) is -0.512. The topological polar surface area (TPSA) is 82.6 Å². The Balaban J connectivity index is 1.70. The summed E-state index contributed by atoms with van der Waals surface area (Å²) in [6.07, 6.45) is 1.47. The predicted molar refractivity (Wildman–Crippen MR) is 106 cm³/mol. The first-order valence-corrected chi connectivity index (χ1v) is 9.24. The van der Waals surface area contributed by atoms with Gasteiger partial charge in [-0.1, -0.05) is 6.07 Å². The molecule has 146 valence electrons. The Morgan fingerprint density at radius 3 is 2.14 bits per heavy atom. The van der Waals surface area contributed by atoms with Gasteiger partial charge in [-0.05, 0) is 49.2 Å². The molecular weight excluding hydrogens is 356 g/mol. The van der Waals surface area contributed by atoms with Crippen molar-refractivity contribution in [2.75, 3.05) is 31.5 Å². The van der Waals surface area contributed by atoms with Gasteiger partial charge in [0, 0.05) is 50.6 Å². The van der Waals surface area contributed by atoms with Crippen molar-refractivity contribution in [3.63, 3.8) is 0 Å². The minimum absolute atomic E-state index is 0.00952. The molecule has 28 heavy (non-hydrogen) atoms. The molecule has 0 radical (unpaired) electrons. The molecule has 0 atom stereocenters. The first-order chi connectivity index (χ1) is 13.3. The highest BCUT2D eigenvalue weighted by molar-refractivity contribution is 6.05. The first-order valence-electron chi connectivity index (χ1n) is 9.24. The van der Waals surface area contributed by atoms with Crippen molar-refractivity contribution in [3.05, 3.63) is 58.9 Å². The summed E-state index contributed by atoms with van der Waals surface area (Å²) < 4.78 is 0. The number of nitrogens with zero attached hydrogens (tertiary/aromatic N) is 3. The molecule has 2 aromatic rings. The van der Waals surface area contributed by atoms with Crippen LogP contribution in [-0.4, -0.2) is 58.7 Å². The molecule has 0 bridgehead atoms. The van der Waals surface area contributed by atoms with E-state index in [1.165, 1.54) is 19.2 Å². The molecule has 0 saturated carbocycles. The molecule has 2 heterocycles. The van der Waals surface area contributed by atoms with E-state index in [4.69, 9.17) is 0 Å². The summed E-state index contributed by atoms with van der Waals surface area (Å²) in [4.78, 5) is 44.3. The van der Waals surface area contributed by atoms with Gasteiger partial charge in [-0.25, -0.2) is 0 Å². The second-order valence-corrected chi connectivity index (χ2v) is 7.06. The third-order valence-electron chi connectivity index (χ3n) is 4.73. The smallest absolute Gasteiger partial charge is 0.272 e. The lowest BCUT2D eigenvalue weighted by atomic mass is 10.1. The van der Waals surface area contributed by atoms with Crippen molar-refractivity contribution in [1.29, 1.82) is 0 Å². The van der Waals surface area contributed by atoms with E-state index in [0.717, 1.165) is 11.1 Å². The summed E-state index contributed by atoms with van der Waals surface area (Å²) in [6.45, 7) is 7.40. The van der Waals surface area contributed by atoms with Crippen LogP contribution in [0.25, 0.3) is 0 Å². The van der Waals surface area contributed by atoms with Crippen LogP contribution in [0.4, 0.5) is 5.69 Å². The number of carbonyl (C=O) groups excluding carboxylic acids is 3. The summed E-state index contributed by atoms with van der Waals surface area (Å²) in [5, 5.41) is 2.87. The summed E-state index contributed by atoms with van der Waals surface area (Å²) in [6, 6.07) is 8.92. The van der Waals surface area contributed by atoms with E-state index in [9.17, 15) is 14.4 Å². The van der Waals surface area contributed by atoms with E-state index >= 15 is 0 Å². The quantitative estimate of drug-likeness (QED) is 0.885. The SMILES string of the molecule is CC(=O)N1CCN(C(=O)c2cc(C(=O)Nc3cc(C)cc(C)c3)ccn2)CC1. The Labute approximate surface area is 164 Å². The number of anilines is 1. The lowest BCUT2D eigenvalue weighted by molar-refractivity contribution is -0.130. The van der Waals surface area contributed by atoms with Gasteiger partial charge in [0.15, 0.2) is 0 Å². The lowest BCUT2D eigenvalue weighted by Gasteiger charge is -2.34. The Hall–Kier alpha value is -3.22. The van der Waals surface area contributed by atoms with E-state index in [1.807, 2.05) is 32.0 Å². The molecule has 3 rings (SSSR count). The van der Waals surface area contributed by atoms with Crippen LogP contribution in [0, 0.1) is 13.8 Å². The Morgan fingerprint density at radius 2 is 1.54 bits per heavy atom. The minimum atomic E-state index is -0.289. The molecule has 1 fully saturated rings. The van der Waals surface area contributed by atoms with Gasteiger partial charge in [0.2, 0.25) is 5.91 Å². The van der Waals surface area contributed by atoms with Crippen LogP contribution in [0.3, 0.4) is 0 Å². The van der Waals surface area contributed by atoms with Crippen molar-refractivity contribution in [2.45, 2.75) is 20.8 Å². The monoisotopic (exact) mass is 380 g/mol. The maximum Gasteiger partial charge on any atom is 0.272 e. The molecule has 3 amide bonds. The second-order valence-electron chi connectivity index (χ2n) is 7.06. The summed E-state index contributed by atoms with van der Waals surface area (Å²) >= 11 is 0. The van der Waals surface area contributed by atoms with E-state index in [-0.39, 0.29) is 23.4 Å². The average Bonchev–Trinajstić information content (AvgIpc) is 2.66. The predicted octanol–water partition coefficient (Wildman–Crippen LogP) is 2.26. The molecule has 0 unspecified atom stereocenters. The lowest BCUT2D eigenvalue weighted by Crippen LogP contribution is -2.50. The molecular formula is C21H24N4O3. The van der Waals surface area contributed by atoms with Gasteiger partial charge in [0.25, 0.3) is 11.8 Å².